The second-order valence-electron chi connectivity index (χ2n) is 6.83. The zero-order valence-corrected chi connectivity index (χ0v) is 17.0. The van der Waals surface area contributed by atoms with E-state index in [1.807, 2.05) is 55.5 Å². The number of anilines is 1. The smallest absolute Gasteiger partial charge is 0.261 e. The van der Waals surface area contributed by atoms with Crippen LogP contribution in [0.5, 0.6) is 5.75 Å². The fraction of sp³-hybridized carbons (Fsp3) is 0.333. The predicted molar refractivity (Wildman–Crippen MR) is 109 cm³/mol. The quantitative estimate of drug-likeness (QED) is 0.681. The van der Waals surface area contributed by atoms with E-state index in [4.69, 9.17) is 4.74 Å². The molecule has 6 heteroatoms. The summed E-state index contributed by atoms with van der Waals surface area (Å²) in [6.07, 6.45) is 1.35. The second kappa shape index (κ2) is 8.57. The van der Waals surface area contributed by atoms with Gasteiger partial charge in [0.2, 0.25) is 5.91 Å². The summed E-state index contributed by atoms with van der Waals surface area (Å²) >= 11 is 3.37. The third-order valence-corrected chi connectivity index (χ3v) is 5.01. The summed E-state index contributed by atoms with van der Waals surface area (Å²) < 4.78 is 6.63. The minimum atomic E-state index is -0.606. The van der Waals surface area contributed by atoms with Gasteiger partial charge in [0, 0.05) is 16.1 Å². The summed E-state index contributed by atoms with van der Waals surface area (Å²) in [6, 6.07) is 14.7. The summed E-state index contributed by atoms with van der Waals surface area (Å²) in [5, 5.41) is 5.87. The zero-order chi connectivity index (χ0) is 19.4. The number of carbonyl (C=O) groups is 2. The van der Waals surface area contributed by atoms with Crippen LogP contribution in [-0.4, -0.2) is 17.9 Å². The molecule has 0 bridgehead atoms. The van der Waals surface area contributed by atoms with Gasteiger partial charge >= 0.3 is 0 Å². The van der Waals surface area contributed by atoms with E-state index >= 15 is 0 Å². The first-order chi connectivity index (χ1) is 12.9. The summed E-state index contributed by atoms with van der Waals surface area (Å²) in [7, 11) is 0. The summed E-state index contributed by atoms with van der Waals surface area (Å²) in [5.74, 6) is 0.721. The van der Waals surface area contributed by atoms with Crippen LogP contribution in [0, 0.1) is 5.92 Å². The Bertz CT molecular complexity index is 801. The number of hydrogen-bond acceptors (Lipinski definition) is 3. The average Bonchev–Trinajstić information content (AvgIpc) is 3.49. The molecule has 5 nitrogen and oxygen atoms in total. The molecule has 2 aromatic carbocycles. The Morgan fingerprint density at radius 2 is 1.67 bits per heavy atom. The van der Waals surface area contributed by atoms with Crippen molar-refractivity contribution in [3.05, 3.63) is 58.6 Å². The number of hydrogen-bond donors (Lipinski definition) is 2. The maximum Gasteiger partial charge on any atom is 0.261 e. The van der Waals surface area contributed by atoms with Crippen LogP contribution in [0.15, 0.2) is 53.0 Å². The lowest BCUT2D eigenvalue weighted by atomic mass is 10.1. The molecule has 2 unspecified atom stereocenters. The van der Waals surface area contributed by atoms with E-state index in [0.717, 1.165) is 28.6 Å². The Balaban J connectivity index is 1.52. The molecule has 142 valence electrons. The first-order valence-corrected chi connectivity index (χ1v) is 9.85. The number of nitrogens with one attached hydrogen (secondary N) is 2. The molecule has 1 aliphatic carbocycles. The third-order valence-electron chi connectivity index (χ3n) is 4.48. The molecular weight excluding hydrogens is 408 g/mol. The molecule has 3 rings (SSSR count). The fourth-order valence-electron chi connectivity index (χ4n) is 2.63. The molecule has 0 radical (unpaired) electrons. The van der Waals surface area contributed by atoms with E-state index in [1.54, 1.807) is 6.92 Å². The van der Waals surface area contributed by atoms with Gasteiger partial charge in [0.05, 0.1) is 6.04 Å². The van der Waals surface area contributed by atoms with Crippen molar-refractivity contribution in [2.45, 2.75) is 38.8 Å². The Morgan fingerprint density at radius 3 is 2.26 bits per heavy atom. The number of ether oxygens (including phenoxy) is 1. The SMILES string of the molecule is CC(Oc1ccc(Br)cc1)C(=O)NC(C)c1ccc(NC(=O)C2CC2)cc1. The molecule has 27 heavy (non-hydrogen) atoms. The maximum absolute atomic E-state index is 12.4. The van der Waals surface area contributed by atoms with Crippen LogP contribution in [0.25, 0.3) is 0 Å². The molecule has 1 aliphatic rings. The highest BCUT2D eigenvalue weighted by Crippen LogP contribution is 2.30. The second-order valence-corrected chi connectivity index (χ2v) is 7.75. The summed E-state index contributed by atoms with van der Waals surface area (Å²) in [5.41, 5.74) is 1.74. The van der Waals surface area contributed by atoms with E-state index in [2.05, 4.69) is 26.6 Å². The van der Waals surface area contributed by atoms with Crippen molar-refractivity contribution in [1.29, 1.82) is 0 Å². The van der Waals surface area contributed by atoms with Gasteiger partial charge in [-0.1, -0.05) is 28.1 Å². The van der Waals surface area contributed by atoms with E-state index in [0.29, 0.717) is 5.75 Å². The molecule has 0 aliphatic heterocycles. The normalized spacial score (nSPS) is 15.5. The molecule has 2 N–H and O–H groups in total. The van der Waals surface area contributed by atoms with Crippen molar-refractivity contribution in [1.82, 2.24) is 5.32 Å². The topological polar surface area (TPSA) is 67.4 Å². The molecule has 0 spiro atoms. The highest BCUT2D eigenvalue weighted by atomic mass is 79.9. The molecule has 0 heterocycles. The fourth-order valence-corrected chi connectivity index (χ4v) is 2.89. The van der Waals surface area contributed by atoms with Gasteiger partial charge in [-0.05, 0) is 68.7 Å². The van der Waals surface area contributed by atoms with Crippen molar-refractivity contribution in [2.75, 3.05) is 5.32 Å². The van der Waals surface area contributed by atoms with Gasteiger partial charge in [-0.3, -0.25) is 9.59 Å². The highest BCUT2D eigenvalue weighted by Gasteiger charge is 2.29. The molecule has 2 amide bonds. The van der Waals surface area contributed by atoms with Gasteiger partial charge in [0.25, 0.3) is 5.91 Å². The van der Waals surface area contributed by atoms with Crippen molar-refractivity contribution in [2.24, 2.45) is 5.92 Å². The molecule has 0 saturated heterocycles. The van der Waals surface area contributed by atoms with Crippen LogP contribution in [0.1, 0.15) is 38.3 Å². The first kappa shape index (κ1) is 19.4. The van der Waals surface area contributed by atoms with Crippen molar-refractivity contribution in [3.63, 3.8) is 0 Å². The predicted octanol–water partition coefficient (Wildman–Crippen LogP) is 4.44. The van der Waals surface area contributed by atoms with Crippen molar-refractivity contribution in [3.8, 4) is 5.75 Å². The van der Waals surface area contributed by atoms with Gasteiger partial charge in [0.1, 0.15) is 5.75 Å². The van der Waals surface area contributed by atoms with Crippen LogP contribution in [0.4, 0.5) is 5.69 Å². The van der Waals surface area contributed by atoms with Crippen molar-refractivity contribution < 1.29 is 14.3 Å². The maximum atomic E-state index is 12.4. The van der Waals surface area contributed by atoms with Gasteiger partial charge in [-0.2, -0.15) is 0 Å². The number of carbonyl (C=O) groups excluding carboxylic acids is 2. The summed E-state index contributed by atoms with van der Waals surface area (Å²) in [6.45, 7) is 3.64. The number of benzene rings is 2. The lowest BCUT2D eigenvalue weighted by Crippen LogP contribution is -2.37. The first-order valence-electron chi connectivity index (χ1n) is 9.06. The van der Waals surface area contributed by atoms with E-state index in [-0.39, 0.29) is 23.8 Å². The Labute approximate surface area is 167 Å². The minimum Gasteiger partial charge on any atom is -0.481 e. The van der Waals surface area contributed by atoms with Gasteiger partial charge < -0.3 is 15.4 Å². The molecule has 0 aromatic heterocycles. The summed E-state index contributed by atoms with van der Waals surface area (Å²) in [4.78, 5) is 24.2. The Morgan fingerprint density at radius 1 is 1.04 bits per heavy atom. The Kier molecular flexibility index (Phi) is 6.16. The standard InChI is InChI=1S/C21H23BrN2O3/c1-13(15-5-9-18(10-6-15)24-21(26)16-3-4-16)23-20(25)14(2)27-19-11-7-17(22)8-12-19/h5-14,16H,3-4H2,1-2H3,(H,23,25)(H,24,26). The monoisotopic (exact) mass is 430 g/mol. The average molecular weight is 431 g/mol. The largest absolute Gasteiger partial charge is 0.481 e. The molecule has 2 aromatic rings. The lowest BCUT2D eigenvalue weighted by molar-refractivity contribution is -0.128. The molecule has 1 fully saturated rings. The van der Waals surface area contributed by atoms with Gasteiger partial charge in [-0.15, -0.1) is 0 Å². The van der Waals surface area contributed by atoms with Crippen LogP contribution >= 0.6 is 15.9 Å². The van der Waals surface area contributed by atoms with Crippen molar-refractivity contribution >= 4 is 33.4 Å². The van der Waals surface area contributed by atoms with Gasteiger partial charge in [0.15, 0.2) is 6.10 Å². The van der Waals surface area contributed by atoms with Crippen LogP contribution < -0.4 is 15.4 Å². The van der Waals surface area contributed by atoms with Crippen LogP contribution in [0.2, 0.25) is 0 Å². The molecule has 2 atom stereocenters. The molecular formula is C21H23BrN2O3. The molecule has 1 saturated carbocycles. The zero-order valence-electron chi connectivity index (χ0n) is 15.4. The highest BCUT2D eigenvalue weighted by molar-refractivity contribution is 9.10. The lowest BCUT2D eigenvalue weighted by Gasteiger charge is -2.19. The van der Waals surface area contributed by atoms with E-state index < -0.39 is 6.10 Å². The van der Waals surface area contributed by atoms with Gasteiger partial charge in [-0.25, -0.2) is 0 Å². The number of rotatable bonds is 7. The number of amides is 2. The Hall–Kier alpha value is -2.34. The van der Waals surface area contributed by atoms with Crippen LogP contribution in [-0.2, 0) is 9.59 Å². The minimum absolute atomic E-state index is 0.0861. The third kappa shape index (κ3) is 5.57. The number of halogens is 1. The van der Waals surface area contributed by atoms with Crippen LogP contribution in [0.3, 0.4) is 0 Å². The van der Waals surface area contributed by atoms with E-state index in [9.17, 15) is 9.59 Å². The van der Waals surface area contributed by atoms with E-state index in [1.165, 1.54) is 0 Å².